The predicted octanol–water partition coefficient (Wildman–Crippen LogP) is 1.77. The molecule has 4 rings (SSSR count). The Labute approximate surface area is 268 Å². The van der Waals surface area contributed by atoms with Gasteiger partial charge in [-0.2, -0.15) is 8.61 Å². The van der Waals surface area contributed by atoms with Crippen LogP contribution in [-0.4, -0.2) is 62.6 Å². The summed E-state index contributed by atoms with van der Waals surface area (Å²) in [6.45, 7) is 12.7. The van der Waals surface area contributed by atoms with E-state index in [9.17, 15) is 36.6 Å². The number of carbonyl (C=O) groups is 2. The molecule has 2 aliphatic heterocycles. The van der Waals surface area contributed by atoms with Crippen LogP contribution in [0.15, 0.2) is 58.3 Å². The van der Waals surface area contributed by atoms with Crippen LogP contribution in [0, 0.1) is 0 Å². The van der Waals surface area contributed by atoms with Crippen molar-refractivity contribution in [1.82, 2.24) is 8.61 Å². The van der Waals surface area contributed by atoms with Crippen molar-refractivity contribution >= 4 is 32.0 Å². The number of carboxylic acid groups (broad SMARTS) is 2. The van der Waals surface area contributed by atoms with Crippen molar-refractivity contribution in [3.05, 3.63) is 59.7 Å². The summed E-state index contributed by atoms with van der Waals surface area (Å²) in [6.07, 6.45) is 1.69. The van der Waals surface area contributed by atoms with Crippen molar-refractivity contribution < 1.29 is 56.1 Å². The van der Waals surface area contributed by atoms with Crippen LogP contribution >= 0.6 is 0 Å². The van der Waals surface area contributed by atoms with Gasteiger partial charge in [0.05, 0.1) is 33.8 Å². The van der Waals surface area contributed by atoms with E-state index >= 15 is 0 Å². The molecule has 2 aliphatic rings. The Morgan fingerprint density at radius 3 is 1.14 bits per heavy atom. The number of carbonyl (C=O) groups excluding carboxylic acids is 2. The maximum Gasteiger partial charge on any atom is 2.00 e. The molecule has 239 valence electrons. The van der Waals surface area contributed by atoms with E-state index in [1.165, 1.54) is 0 Å². The second kappa shape index (κ2) is 13.9. The number of benzene rings is 2. The number of hydrogen-bond acceptors (Lipinski definition) is 8. The average molecular weight is 724 g/mol. The maximum absolute atomic E-state index is 12.5. The maximum atomic E-state index is 12.5. The Morgan fingerprint density at radius 2 is 0.907 bits per heavy atom. The van der Waals surface area contributed by atoms with E-state index in [0.29, 0.717) is 25.7 Å². The molecule has 2 fully saturated rings. The largest absolute Gasteiger partial charge is 2.00 e. The van der Waals surface area contributed by atoms with Crippen LogP contribution in [0.5, 0.6) is 0 Å². The SMILES string of the molecule is CC(C)(C)c1ccc(S(=O)(=O)N2CCCC2C(=O)[O-])cc1.CC(C)(C)c1ccc(S(=O)(=O)N2CCC[C@H]2C(=O)[O-])cc1.[Rh+2]. The minimum atomic E-state index is -3.78. The van der Waals surface area contributed by atoms with Crippen LogP contribution in [-0.2, 0) is 59.9 Å². The van der Waals surface area contributed by atoms with Gasteiger partial charge in [0.1, 0.15) is 0 Å². The van der Waals surface area contributed by atoms with Crippen LogP contribution < -0.4 is 10.2 Å². The number of nitrogens with zero attached hydrogens (tertiary/aromatic N) is 2. The van der Waals surface area contributed by atoms with Gasteiger partial charge in [-0.05, 0) is 71.9 Å². The summed E-state index contributed by atoms with van der Waals surface area (Å²) in [5.74, 6) is -2.66. The van der Waals surface area contributed by atoms with Crippen molar-refractivity contribution in [3.63, 3.8) is 0 Å². The van der Waals surface area contributed by atoms with Gasteiger partial charge in [0.15, 0.2) is 0 Å². The Morgan fingerprint density at radius 1 is 0.628 bits per heavy atom. The summed E-state index contributed by atoms with van der Waals surface area (Å²) in [4.78, 5) is 22.4. The van der Waals surface area contributed by atoms with Crippen molar-refractivity contribution in [2.45, 2.75) is 99.9 Å². The molecular formula is C30H40N2O8RhS2. The van der Waals surface area contributed by atoms with Gasteiger partial charge in [-0.3, -0.25) is 0 Å². The number of sulfonamides is 2. The monoisotopic (exact) mass is 723 g/mol. The molecule has 1 radical (unpaired) electrons. The summed E-state index contributed by atoms with van der Waals surface area (Å²) >= 11 is 0. The van der Waals surface area contributed by atoms with E-state index in [-0.39, 0.29) is 53.2 Å². The van der Waals surface area contributed by atoms with Crippen LogP contribution in [0.25, 0.3) is 0 Å². The van der Waals surface area contributed by atoms with Crippen LogP contribution in [0.3, 0.4) is 0 Å². The zero-order chi connectivity index (χ0) is 31.7. The summed E-state index contributed by atoms with van der Waals surface area (Å²) in [5.41, 5.74) is 1.92. The van der Waals surface area contributed by atoms with Crippen LogP contribution in [0.2, 0.25) is 0 Å². The Bertz CT molecular complexity index is 1380. The zero-order valence-corrected chi connectivity index (χ0v) is 28.6. The molecule has 0 aliphatic carbocycles. The van der Waals surface area contributed by atoms with Crippen LogP contribution in [0.4, 0.5) is 0 Å². The van der Waals surface area contributed by atoms with Crippen molar-refractivity contribution in [2.24, 2.45) is 0 Å². The van der Waals surface area contributed by atoms with Crippen molar-refractivity contribution in [2.75, 3.05) is 13.1 Å². The van der Waals surface area contributed by atoms with Gasteiger partial charge in [-0.25, -0.2) is 16.8 Å². The quantitative estimate of drug-likeness (QED) is 0.409. The smallest absolute Gasteiger partial charge is 0.548 e. The molecule has 1 unspecified atom stereocenters. The fourth-order valence-electron chi connectivity index (χ4n) is 5.05. The van der Waals surface area contributed by atoms with Gasteiger partial charge in [0, 0.05) is 13.1 Å². The molecule has 0 spiro atoms. The third kappa shape index (κ3) is 8.51. The fraction of sp³-hybridized carbons (Fsp3) is 0.533. The van der Waals surface area contributed by atoms with E-state index in [1.807, 2.05) is 41.5 Å². The van der Waals surface area contributed by atoms with E-state index in [1.54, 1.807) is 48.5 Å². The normalized spacial score (nSPS) is 20.1. The van der Waals surface area contributed by atoms with E-state index < -0.39 is 44.1 Å². The van der Waals surface area contributed by atoms with Gasteiger partial charge in [-0.1, -0.05) is 65.8 Å². The summed E-state index contributed by atoms with van der Waals surface area (Å²) in [7, 11) is -7.57. The summed E-state index contributed by atoms with van der Waals surface area (Å²) < 4.78 is 52.3. The Hall–Kier alpha value is -2.18. The first-order valence-electron chi connectivity index (χ1n) is 13.9. The van der Waals surface area contributed by atoms with Gasteiger partial charge in [0.2, 0.25) is 20.0 Å². The molecule has 2 aromatic carbocycles. The Kier molecular flexibility index (Phi) is 11.9. The van der Waals surface area contributed by atoms with E-state index in [4.69, 9.17) is 0 Å². The van der Waals surface area contributed by atoms with Gasteiger partial charge < -0.3 is 19.8 Å². The first-order chi connectivity index (χ1) is 19.3. The first kappa shape index (κ1) is 37.0. The first-order valence-corrected chi connectivity index (χ1v) is 16.8. The second-order valence-electron chi connectivity index (χ2n) is 12.7. The molecule has 0 N–H and O–H groups in total. The molecule has 0 aromatic heterocycles. The zero-order valence-electron chi connectivity index (χ0n) is 25.3. The van der Waals surface area contributed by atoms with Gasteiger partial charge in [-0.15, -0.1) is 0 Å². The topological polar surface area (TPSA) is 155 Å². The molecule has 2 aromatic rings. The number of hydrogen-bond donors (Lipinski definition) is 0. The summed E-state index contributed by atoms with van der Waals surface area (Å²) in [5, 5.41) is 22.1. The third-order valence-corrected chi connectivity index (χ3v) is 11.5. The van der Waals surface area contributed by atoms with Crippen molar-refractivity contribution in [3.8, 4) is 0 Å². The Balaban J connectivity index is 0.000000293. The van der Waals surface area contributed by atoms with Crippen molar-refractivity contribution in [1.29, 1.82) is 0 Å². The minimum Gasteiger partial charge on any atom is -0.548 e. The van der Waals surface area contributed by atoms with E-state index in [0.717, 1.165) is 19.7 Å². The third-order valence-electron chi connectivity index (χ3n) is 7.61. The molecule has 2 atom stereocenters. The number of rotatable bonds is 6. The molecule has 13 heteroatoms. The van der Waals surface area contributed by atoms with Gasteiger partial charge >= 0.3 is 19.5 Å². The second-order valence-corrected chi connectivity index (χ2v) is 16.5. The predicted molar refractivity (Wildman–Crippen MR) is 154 cm³/mol. The van der Waals surface area contributed by atoms with E-state index in [2.05, 4.69) is 0 Å². The molecule has 43 heavy (non-hydrogen) atoms. The molecule has 0 bridgehead atoms. The minimum absolute atomic E-state index is 0. The fourth-order valence-corrected chi connectivity index (χ4v) is 8.34. The molecule has 2 heterocycles. The molecule has 10 nitrogen and oxygen atoms in total. The molecule has 2 saturated heterocycles. The molecule has 0 amide bonds. The summed E-state index contributed by atoms with van der Waals surface area (Å²) in [6, 6.07) is 11.2. The van der Waals surface area contributed by atoms with Gasteiger partial charge in [0.25, 0.3) is 0 Å². The van der Waals surface area contributed by atoms with Crippen LogP contribution in [0.1, 0.15) is 78.4 Å². The molecule has 0 saturated carbocycles. The molecular weight excluding hydrogens is 683 g/mol. The average Bonchev–Trinajstić information content (AvgIpc) is 3.59. The number of aliphatic carboxylic acids is 2. The standard InChI is InChI=1S/2C15H21NO4S.Rh/c2*1-15(2,3)11-6-8-12(9-7-11)21(19,20)16-10-4-5-13(16)14(17)18;/h2*6-9,13H,4-5,10H2,1-3H3,(H,17,18);/q;;+2/p-2/t13-;;/m0../s1. The number of carboxylic acids is 2.